The van der Waals surface area contributed by atoms with Gasteiger partial charge in [-0.15, -0.1) is 0 Å². The van der Waals surface area contributed by atoms with Crippen LogP contribution in [0.1, 0.15) is 44.5 Å². The minimum Gasteiger partial charge on any atom is -0.495 e. The smallest absolute Gasteiger partial charge is 0.338 e. The van der Waals surface area contributed by atoms with Gasteiger partial charge in [-0.05, 0) is 50.3 Å². The highest BCUT2D eigenvalue weighted by atomic mass is 32.2. The van der Waals surface area contributed by atoms with Gasteiger partial charge in [0.15, 0.2) is 6.10 Å². The number of piperidine rings is 1. The van der Waals surface area contributed by atoms with E-state index in [1.807, 2.05) is 13.8 Å². The van der Waals surface area contributed by atoms with E-state index >= 15 is 0 Å². The fourth-order valence-corrected chi connectivity index (χ4v) is 5.51. The van der Waals surface area contributed by atoms with Crippen molar-refractivity contribution in [2.24, 2.45) is 11.8 Å². The zero-order valence-electron chi connectivity index (χ0n) is 19.0. The van der Waals surface area contributed by atoms with Gasteiger partial charge in [0.05, 0.1) is 12.7 Å². The van der Waals surface area contributed by atoms with Gasteiger partial charge in [0.2, 0.25) is 10.0 Å². The Labute approximate surface area is 188 Å². The number of imide groups is 1. The quantitative estimate of drug-likeness (QED) is 0.582. The molecule has 1 fully saturated rings. The molecule has 0 aliphatic carbocycles. The molecule has 1 aliphatic rings. The topological polar surface area (TPSA) is 131 Å². The number of hydrogen-bond donors (Lipinski definition) is 2. The Morgan fingerprint density at radius 3 is 2.38 bits per heavy atom. The molecule has 0 bridgehead atoms. The van der Waals surface area contributed by atoms with Gasteiger partial charge in [-0.25, -0.2) is 18.0 Å². The van der Waals surface area contributed by atoms with Gasteiger partial charge in [0.1, 0.15) is 10.6 Å². The lowest BCUT2D eigenvalue weighted by atomic mass is 9.94. The minimum atomic E-state index is -3.93. The van der Waals surface area contributed by atoms with Crippen LogP contribution in [0.2, 0.25) is 0 Å². The van der Waals surface area contributed by atoms with E-state index in [9.17, 15) is 22.8 Å². The highest BCUT2D eigenvalue weighted by molar-refractivity contribution is 7.89. The molecule has 1 saturated heterocycles. The van der Waals surface area contributed by atoms with Crippen LogP contribution in [0.25, 0.3) is 0 Å². The van der Waals surface area contributed by atoms with E-state index in [-0.39, 0.29) is 28.0 Å². The Morgan fingerprint density at radius 2 is 1.81 bits per heavy atom. The van der Waals surface area contributed by atoms with Crippen molar-refractivity contribution in [1.82, 2.24) is 14.9 Å². The zero-order chi connectivity index (χ0) is 24.1. The molecule has 3 amide bonds. The summed E-state index contributed by atoms with van der Waals surface area (Å²) in [5, 5.41) is 4.45. The molecule has 2 rings (SSSR count). The van der Waals surface area contributed by atoms with Crippen LogP contribution in [0.5, 0.6) is 5.75 Å². The van der Waals surface area contributed by atoms with Crippen LogP contribution in [0.3, 0.4) is 0 Å². The molecular weight excluding hydrogens is 438 g/mol. The average Bonchev–Trinajstić information content (AvgIpc) is 2.72. The Bertz CT molecular complexity index is 954. The van der Waals surface area contributed by atoms with Crippen LogP contribution < -0.4 is 15.4 Å². The lowest BCUT2D eigenvalue weighted by molar-refractivity contribution is -0.127. The number of carbonyl (C=O) groups excluding carboxylic acids is 3. The number of esters is 1. The first-order valence-electron chi connectivity index (χ1n) is 10.5. The van der Waals surface area contributed by atoms with E-state index in [1.54, 1.807) is 6.92 Å². The minimum absolute atomic E-state index is 0.0554. The predicted octanol–water partition coefficient (Wildman–Crippen LogP) is 1.75. The second-order valence-corrected chi connectivity index (χ2v) is 9.94. The summed E-state index contributed by atoms with van der Waals surface area (Å²) < 4.78 is 38.4. The molecule has 0 aromatic heterocycles. The Morgan fingerprint density at radius 1 is 1.19 bits per heavy atom. The summed E-state index contributed by atoms with van der Waals surface area (Å²) in [5.74, 6) is -1.19. The number of rotatable bonds is 7. The van der Waals surface area contributed by atoms with Gasteiger partial charge in [0, 0.05) is 19.6 Å². The molecule has 1 aliphatic heterocycles. The number of urea groups is 1. The molecule has 1 heterocycles. The van der Waals surface area contributed by atoms with Crippen LogP contribution in [-0.4, -0.2) is 63.5 Å². The Hall–Kier alpha value is -2.66. The normalized spacial score (nSPS) is 20.2. The summed E-state index contributed by atoms with van der Waals surface area (Å²) in [7, 11) is -2.58. The first-order chi connectivity index (χ1) is 15.0. The number of sulfonamides is 1. The summed E-state index contributed by atoms with van der Waals surface area (Å²) in [5.41, 5.74) is -0.0554. The molecule has 32 heavy (non-hydrogen) atoms. The van der Waals surface area contributed by atoms with Gasteiger partial charge in [-0.1, -0.05) is 13.8 Å². The van der Waals surface area contributed by atoms with Crippen molar-refractivity contribution >= 4 is 27.9 Å². The van der Waals surface area contributed by atoms with Crippen molar-refractivity contribution in [3.05, 3.63) is 23.8 Å². The molecule has 178 valence electrons. The summed E-state index contributed by atoms with van der Waals surface area (Å²) in [4.78, 5) is 35.9. The lowest BCUT2D eigenvalue weighted by Crippen LogP contribution is -2.44. The van der Waals surface area contributed by atoms with Crippen LogP contribution in [0, 0.1) is 11.8 Å². The molecule has 0 spiro atoms. The highest BCUT2D eigenvalue weighted by Crippen LogP contribution is 2.32. The van der Waals surface area contributed by atoms with Gasteiger partial charge in [-0.2, -0.15) is 4.31 Å². The molecular formula is C21H31N3O7S. The van der Waals surface area contributed by atoms with E-state index in [0.29, 0.717) is 19.6 Å². The third kappa shape index (κ3) is 6.19. The number of methoxy groups -OCH3 is 1. The Balaban J connectivity index is 2.24. The summed E-state index contributed by atoms with van der Waals surface area (Å²) >= 11 is 0. The number of carbonyl (C=O) groups is 3. The van der Waals surface area contributed by atoms with E-state index in [1.165, 1.54) is 36.5 Å². The van der Waals surface area contributed by atoms with Crippen molar-refractivity contribution < 1.29 is 32.3 Å². The van der Waals surface area contributed by atoms with E-state index in [4.69, 9.17) is 9.47 Å². The van der Waals surface area contributed by atoms with Crippen molar-refractivity contribution in [3.8, 4) is 5.75 Å². The fraction of sp³-hybridized carbons (Fsp3) is 0.571. The van der Waals surface area contributed by atoms with Gasteiger partial charge in [-0.3, -0.25) is 10.1 Å². The third-order valence-corrected chi connectivity index (χ3v) is 6.93. The van der Waals surface area contributed by atoms with Gasteiger partial charge >= 0.3 is 12.0 Å². The molecule has 10 nitrogen and oxygen atoms in total. The number of hydrogen-bond acceptors (Lipinski definition) is 7. The average molecular weight is 470 g/mol. The molecule has 3 atom stereocenters. The molecule has 3 unspecified atom stereocenters. The third-order valence-electron chi connectivity index (χ3n) is 5.08. The van der Waals surface area contributed by atoms with E-state index < -0.39 is 34.0 Å². The monoisotopic (exact) mass is 469 g/mol. The summed E-state index contributed by atoms with van der Waals surface area (Å²) in [6.45, 7) is 8.07. The van der Waals surface area contributed by atoms with Crippen molar-refractivity contribution in [1.29, 1.82) is 0 Å². The van der Waals surface area contributed by atoms with E-state index in [0.717, 1.165) is 6.42 Å². The van der Waals surface area contributed by atoms with Crippen LogP contribution in [-0.2, 0) is 19.6 Å². The SMILES string of the molecule is CCNC(=O)NC(=O)C(C)OC(=O)c1ccc(OC)c(S(=O)(=O)N2CC(C)CC(C)C2)c1. The van der Waals surface area contributed by atoms with Gasteiger partial charge in [0.25, 0.3) is 5.91 Å². The number of nitrogens with one attached hydrogen (secondary N) is 2. The van der Waals surface area contributed by atoms with Crippen LogP contribution >= 0.6 is 0 Å². The van der Waals surface area contributed by atoms with Crippen LogP contribution in [0.15, 0.2) is 23.1 Å². The molecule has 0 radical (unpaired) electrons. The van der Waals surface area contributed by atoms with Crippen LogP contribution in [0.4, 0.5) is 4.79 Å². The fourth-order valence-electron chi connectivity index (χ4n) is 3.65. The maximum Gasteiger partial charge on any atom is 0.338 e. The molecule has 1 aromatic rings. The first-order valence-corrected chi connectivity index (χ1v) is 11.9. The Kier molecular flexibility index (Phi) is 8.62. The maximum atomic E-state index is 13.3. The standard InChI is InChI=1S/C21H31N3O7S/c1-6-22-21(27)23-19(25)15(4)31-20(26)16-7-8-17(30-5)18(10-16)32(28,29)24-11-13(2)9-14(3)12-24/h7-8,10,13-15H,6,9,11-12H2,1-5H3,(H2,22,23,25,27). The largest absolute Gasteiger partial charge is 0.495 e. The second-order valence-electron chi connectivity index (χ2n) is 8.03. The van der Waals surface area contributed by atoms with Crippen molar-refractivity contribution in [2.45, 2.75) is 45.1 Å². The predicted molar refractivity (Wildman–Crippen MR) is 117 cm³/mol. The molecule has 11 heteroatoms. The first kappa shape index (κ1) is 25.6. The second kappa shape index (κ2) is 10.8. The summed E-state index contributed by atoms with van der Waals surface area (Å²) in [6.07, 6.45) is -0.331. The number of amides is 3. The molecule has 2 N–H and O–H groups in total. The number of benzene rings is 1. The van der Waals surface area contributed by atoms with Crippen molar-refractivity contribution in [3.63, 3.8) is 0 Å². The lowest BCUT2D eigenvalue weighted by Gasteiger charge is -2.34. The maximum absolute atomic E-state index is 13.3. The number of ether oxygens (including phenoxy) is 2. The van der Waals surface area contributed by atoms with E-state index in [2.05, 4.69) is 10.6 Å². The van der Waals surface area contributed by atoms with Crippen molar-refractivity contribution in [2.75, 3.05) is 26.7 Å². The van der Waals surface area contributed by atoms with Gasteiger partial charge < -0.3 is 14.8 Å². The summed E-state index contributed by atoms with van der Waals surface area (Å²) in [6, 6.07) is 3.22. The molecule has 0 saturated carbocycles. The zero-order valence-corrected chi connectivity index (χ0v) is 19.8. The highest BCUT2D eigenvalue weighted by Gasteiger charge is 2.34. The number of nitrogens with zero attached hydrogens (tertiary/aromatic N) is 1. The molecule has 1 aromatic carbocycles.